The van der Waals surface area contributed by atoms with Gasteiger partial charge in [0.15, 0.2) is 0 Å². The van der Waals surface area contributed by atoms with Crippen molar-refractivity contribution >= 4 is 46.6 Å². The molecule has 0 saturated carbocycles. The molecule has 3 aromatic rings. The number of halogens is 3. The van der Waals surface area contributed by atoms with Crippen LogP contribution in [0.15, 0.2) is 61.2 Å². The van der Waals surface area contributed by atoms with E-state index in [1.807, 2.05) is 48.6 Å². The lowest BCUT2D eigenvalue weighted by Crippen LogP contribution is -2.05. The first kappa shape index (κ1) is 17.7. The molecule has 0 aliphatic rings. The van der Waals surface area contributed by atoms with E-state index in [0.717, 1.165) is 22.9 Å². The van der Waals surface area contributed by atoms with E-state index in [-0.39, 0.29) is 5.25 Å². The highest BCUT2D eigenvalue weighted by atomic mass is 35.5. The zero-order chi connectivity index (χ0) is 16.9. The van der Waals surface area contributed by atoms with Gasteiger partial charge in [-0.1, -0.05) is 53.0 Å². The number of thioether (sulfide) groups is 1. The Bertz CT molecular complexity index is 789. The summed E-state index contributed by atoms with van der Waals surface area (Å²) in [6.45, 7) is 0.831. The average molecular weight is 398 g/mol. The molecule has 6 heteroatoms. The standard InChI is InChI=1S/C18H15Cl3N2S/c19-15-4-1-13(2-5-15)18(10-23-8-7-22-12-23)24-11-14-3-6-16(20)9-17(14)21/h1-9,12,18H,10-11H2. The number of imidazole rings is 1. The Balaban J connectivity index is 1.77. The fraction of sp³-hybridized carbons (Fsp3) is 0.167. The van der Waals surface area contributed by atoms with E-state index in [1.54, 1.807) is 12.3 Å². The second kappa shape index (κ2) is 8.30. The number of aromatic nitrogens is 2. The lowest BCUT2D eigenvalue weighted by Gasteiger charge is -2.18. The Morgan fingerprint density at radius 1 is 1.00 bits per heavy atom. The summed E-state index contributed by atoms with van der Waals surface area (Å²) >= 11 is 20.1. The van der Waals surface area contributed by atoms with E-state index >= 15 is 0 Å². The van der Waals surface area contributed by atoms with Crippen LogP contribution in [0.3, 0.4) is 0 Å². The number of benzene rings is 2. The van der Waals surface area contributed by atoms with E-state index in [0.29, 0.717) is 10.0 Å². The fourth-order valence-electron chi connectivity index (χ4n) is 2.35. The Kier molecular flexibility index (Phi) is 6.12. The molecule has 0 saturated heterocycles. The van der Waals surface area contributed by atoms with Gasteiger partial charge in [0.1, 0.15) is 0 Å². The Morgan fingerprint density at radius 2 is 1.75 bits per heavy atom. The van der Waals surface area contributed by atoms with Crippen LogP contribution in [0.25, 0.3) is 0 Å². The summed E-state index contributed by atoms with van der Waals surface area (Å²) in [4.78, 5) is 4.12. The highest BCUT2D eigenvalue weighted by Crippen LogP contribution is 2.35. The molecule has 24 heavy (non-hydrogen) atoms. The molecule has 2 nitrogen and oxygen atoms in total. The average Bonchev–Trinajstić information content (AvgIpc) is 3.07. The highest BCUT2D eigenvalue weighted by molar-refractivity contribution is 7.98. The SMILES string of the molecule is Clc1ccc(C(Cn2ccnc2)SCc2ccc(Cl)cc2Cl)cc1. The summed E-state index contributed by atoms with van der Waals surface area (Å²) in [7, 11) is 0. The van der Waals surface area contributed by atoms with Crippen molar-refractivity contribution in [3.05, 3.63) is 87.4 Å². The quantitative estimate of drug-likeness (QED) is 0.471. The van der Waals surface area contributed by atoms with Gasteiger partial charge in [-0.15, -0.1) is 11.8 Å². The van der Waals surface area contributed by atoms with Crippen molar-refractivity contribution in [1.82, 2.24) is 9.55 Å². The van der Waals surface area contributed by atoms with E-state index in [1.165, 1.54) is 5.56 Å². The molecule has 0 spiro atoms. The van der Waals surface area contributed by atoms with Crippen LogP contribution in [0.2, 0.25) is 15.1 Å². The normalized spacial score (nSPS) is 12.3. The second-order valence-corrected chi connectivity index (χ2v) is 7.82. The zero-order valence-electron chi connectivity index (χ0n) is 12.7. The number of hydrogen-bond donors (Lipinski definition) is 0. The minimum absolute atomic E-state index is 0.267. The third kappa shape index (κ3) is 4.70. The van der Waals surface area contributed by atoms with Crippen molar-refractivity contribution in [3.63, 3.8) is 0 Å². The van der Waals surface area contributed by atoms with E-state index in [4.69, 9.17) is 34.8 Å². The summed E-state index contributed by atoms with van der Waals surface area (Å²) in [5.41, 5.74) is 2.30. The number of nitrogens with zero attached hydrogens (tertiary/aromatic N) is 2. The molecule has 0 bridgehead atoms. The van der Waals surface area contributed by atoms with Crippen molar-refractivity contribution in [3.8, 4) is 0 Å². The first-order chi connectivity index (χ1) is 11.6. The first-order valence-corrected chi connectivity index (χ1v) is 9.57. The van der Waals surface area contributed by atoms with Crippen molar-refractivity contribution < 1.29 is 0 Å². The summed E-state index contributed by atoms with van der Waals surface area (Å²) < 4.78 is 2.08. The van der Waals surface area contributed by atoms with Crippen LogP contribution in [0, 0.1) is 0 Å². The molecule has 0 aliphatic carbocycles. The zero-order valence-corrected chi connectivity index (χ0v) is 15.8. The van der Waals surface area contributed by atoms with Gasteiger partial charge in [-0.05, 0) is 35.4 Å². The minimum atomic E-state index is 0.267. The van der Waals surface area contributed by atoms with E-state index < -0.39 is 0 Å². The third-order valence-corrected chi connectivity index (χ3v) is 5.77. The van der Waals surface area contributed by atoms with Gasteiger partial charge in [0.2, 0.25) is 0 Å². The molecular weight excluding hydrogens is 383 g/mol. The molecule has 0 N–H and O–H groups in total. The van der Waals surface area contributed by atoms with Gasteiger partial charge in [0.25, 0.3) is 0 Å². The van der Waals surface area contributed by atoms with E-state index in [9.17, 15) is 0 Å². The number of hydrogen-bond acceptors (Lipinski definition) is 2. The maximum atomic E-state index is 6.29. The van der Waals surface area contributed by atoms with Crippen LogP contribution in [0.1, 0.15) is 16.4 Å². The molecule has 2 aromatic carbocycles. The van der Waals surface area contributed by atoms with E-state index in [2.05, 4.69) is 21.7 Å². The molecule has 0 radical (unpaired) electrons. The van der Waals surface area contributed by atoms with Crippen molar-refractivity contribution in [1.29, 1.82) is 0 Å². The summed E-state index contributed by atoms with van der Waals surface area (Å²) in [5.74, 6) is 0.804. The van der Waals surface area contributed by atoms with Gasteiger partial charge in [-0.3, -0.25) is 0 Å². The Labute approximate surface area is 160 Å². The van der Waals surface area contributed by atoms with Gasteiger partial charge in [0.05, 0.1) is 6.33 Å². The van der Waals surface area contributed by atoms with Gasteiger partial charge in [-0.25, -0.2) is 4.98 Å². The topological polar surface area (TPSA) is 17.8 Å². The molecule has 1 heterocycles. The smallest absolute Gasteiger partial charge is 0.0946 e. The van der Waals surface area contributed by atoms with Crippen LogP contribution in [0.4, 0.5) is 0 Å². The monoisotopic (exact) mass is 396 g/mol. The largest absolute Gasteiger partial charge is 0.336 e. The van der Waals surface area contributed by atoms with Crippen LogP contribution in [0.5, 0.6) is 0 Å². The highest BCUT2D eigenvalue weighted by Gasteiger charge is 2.14. The van der Waals surface area contributed by atoms with Crippen molar-refractivity contribution in [2.75, 3.05) is 0 Å². The number of rotatable bonds is 6. The van der Waals surface area contributed by atoms with Gasteiger partial charge < -0.3 is 4.57 Å². The minimum Gasteiger partial charge on any atom is -0.336 e. The van der Waals surface area contributed by atoms with Gasteiger partial charge >= 0.3 is 0 Å². The molecule has 0 fully saturated rings. The van der Waals surface area contributed by atoms with Crippen molar-refractivity contribution in [2.45, 2.75) is 17.5 Å². The Hall–Kier alpha value is -1.13. The molecule has 0 amide bonds. The molecule has 1 aromatic heterocycles. The fourth-order valence-corrected chi connectivity index (χ4v) is 4.29. The van der Waals surface area contributed by atoms with Crippen molar-refractivity contribution in [2.24, 2.45) is 0 Å². The molecule has 0 aliphatic heterocycles. The maximum absolute atomic E-state index is 6.29. The third-order valence-electron chi connectivity index (χ3n) is 3.63. The van der Waals surface area contributed by atoms with Crippen LogP contribution in [-0.2, 0) is 12.3 Å². The van der Waals surface area contributed by atoms with Crippen LogP contribution >= 0.6 is 46.6 Å². The first-order valence-electron chi connectivity index (χ1n) is 7.38. The summed E-state index contributed by atoms with van der Waals surface area (Å²) in [5, 5.41) is 2.36. The predicted octanol–water partition coefficient (Wildman–Crippen LogP) is 6.52. The lowest BCUT2D eigenvalue weighted by molar-refractivity contribution is 0.683. The Morgan fingerprint density at radius 3 is 2.42 bits per heavy atom. The summed E-state index contributed by atoms with van der Waals surface area (Å²) in [6, 6.07) is 13.6. The predicted molar refractivity (Wildman–Crippen MR) is 104 cm³/mol. The van der Waals surface area contributed by atoms with Crippen LogP contribution < -0.4 is 0 Å². The molecule has 124 valence electrons. The molecular formula is C18H15Cl3N2S. The van der Waals surface area contributed by atoms with Gasteiger partial charge in [-0.2, -0.15) is 0 Å². The van der Waals surface area contributed by atoms with Gasteiger partial charge in [0, 0.05) is 45.0 Å². The molecule has 1 unspecified atom stereocenters. The molecule has 1 atom stereocenters. The second-order valence-electron chi connectivity index (χ2n) is 5.35. The maximum Gasteiger partial charge on any atom is 0.0946 e. The molecule has 3 rings (SSSR count). The van der Waals surface area contributed by atoms with Crippen LogP contribution in [-0.4, -0.2) is 9.55 Å². The lowest BCUT2D eigenvalue weighted by atomic mass is 10.1. The summed E-state index contributed by atoms with van der Waals surface area (Å²) in [6.07, 6.45) is 5.59.